The molecule has 1 aromatic rings. The molecular weight excluding hydrogens is 207 g/mol. The second-order valence-electron chi connectivity index (χ2n) is 3.15. The fourth-order valence-electron chi connectivity index (χ4n) is 1.33. The number of alkyl halides is 1. The van der Waals surface area contributed by atoms with Crippen LogP contribution in [0.2, 0.25) is 5.02 Å². The molecule has 14 heavy (non-hydrogen) atoms. The molecule has 1 aromatic heterocycles. The van der Waals surface area contributed by atoms with Gasteiger partial charge in [0.05, 0.1) is 5.02 Å². The second kappa shape index (κ2) is 4.11. The Morgan fingerprint density at radius 3 is 2.93 bits per heavy atom. The average Bonchev–Trinajstić information content (AvgIpc) is 2.56. The zero-order valence-electron chi connectivity index (χ0n) is 7.41. The Kier molecular flexibility index (Phi) is 2.84. The molecule has 0 aliphatic carbocycles. The van der Waals surface area contributed by atoms with Gasteiger partial charge in [0.25, 0.3) is 0 Å². The molecule has 2 heterocycles. The van der Waals surface area contributed by atoms with E-state index in [0.717, 1.165) is 0 Å². The lowest BCUT2D eigenvalue weighted by Crippen LogP contribution is -2.27. The number of hydrogen-bond acceptors (Lipinski definition) is 3. The number of rotatable bonds is 2. The summed E-state index contributed by atoms with van der Waals surface area (Å²) < 4.78 is 18.4. The zero-order valence-corrected chi connectivity index (χ0v) is 8.17. The molecule has 0 saturated carbocycles. The van der Waals surface area contributed by atoms with E-state index in [-0.39, 0.29) is 0 Å². The summed E-state index contributed by atoms with van der Waals surface area (Å²) in [5.74, 6) is 0.408. The Hall–Kier alpha value is -0.870. The Morgan fingerprint density at radius 1 is 1.50 bits per heavy atom. The Balaban J connectivity index is 2.00. The molecule has 1 fully saturated rings. The Labute approximate surface area is 86.2 Å². The van der Waals surface area contributed by atoms with Gasteiger partial charge in [0.1, 0.15) is 6.10 Å². The summed E-state index contributed by atoms with van der Waals surface area (Å²) >= 11 is 5.65. The quantitative estimate of drug-likeness (QED) is 0.812. The molecule has 0 radical (unpaired) electrons. The average molecular weight is 217 g/mol. The molecule has 2 rings (SSSR count). The number of ether oxygens (including phenoxy) is 1. The van der Waals surface area contributed by atoms with E-state index in [9.17, 15) is 4.39 Å². The van der Waals surface area contributed by atoms with Crippen molar-refractivity contribution in [2.24, 2.45) is 0 Å². The van der Waals surface area contributed by atoms with E-state index in [4.69, 9.17) is 16.3 Å². The van der Waals surface area contributed by atoms with E-state index in [1.165, 1.54) is 6.20 Å². The molecular formula is C9H10ClFN2O. The molecule has 1 N–H and O–H groups in total. The first-order valence-electron chi connectivity index (χ1n) is 4.39. The first-order chi connectivity index (χ1) is 6.75. The van der Waals surface area contributed by atoms with Gasteiger partial charge in [-0.3, -0.25) is 0 Å². The van der Waals surface area contributed by atoms with Crippen LogP contribution in [-0.4, -0.2) is 30.3 Å². The third-order valence-electron chi connectivity index (χ3n) is 2.06. The molecule has 1 aliphatic heterocycles. The van der Waals surface area contributed by atoms with Gasteiger partial charge < -0.3 is 10.1 Å². The van der Waals surface area contributed by atoms with Gasteiger partial charge in [-0.1, -0.05) is 11.6 Å². The van der Waals surface area contributed by atoms with Crippen LogP contribution in [0.4, 0.5) is 4.39 Å². The van der Waals surface area contributed by atoms with E-state index in [0.29, 0.717) is 24.0 Å². The van der Waals surface area contributed by atoms with Crippen LogP contribution >= 0.6 is 11.6 Å². The van der Waals surface area contributed by atoms with Crippen molar-refractivity contribution in [1.29, 1.82) is 0 Å². The molecule has 2 atom stereocenters. The van der Waals surface area contributed by atoms with Crippen LogP contribution in [0.5, 0.6) is 5.88 Å². The van der Waals surface area contributed by atoms with Crippen molar-refractivity contribution in [3.05, 3.63) is 23.4 Å². The lowest BCUT2D eigenvalue weighted by atomic mass is 10.3. The minimum atomic E-state index is -0.965. The highest BCUT2D eigenvalue weighted by Crippen LogP contribution is 2.16. The fraction of sp³-hybridized carbons (Fsp3) is 0.444. The van der Waals surface area contributed by atoms with Crippen molar-refractivity contribution in [2.45, 2.75) is 12.3 Å². The van der Waals surface area contributed by atoms with E-state index < -0.39 is 12.3 Å². The van der Waals surface area contributed by atoms with E-state index in [2.05, 4.69) is 10.3 Å². The highest BCUT2D eigenvalue weighted by molar-refractivity contribution is 6.30. The van der Waals surface area contributed by atoms with E-state index >= 15 is 0 Å². The molecule has 0 amide bonds. The maximum atomic E-state index is 13.1. The molecule has 1 aliphatic rings. The van der Waals surface area contributed by atoms with Crippen LogP contribution in [0.25, 0.3) is 0 Å². The second-order valence-corrected chi connectivity index (χ2v) is 3.58. The monoisotopic (exact) mass is 216 g/mol. The van der Waals surface area contributed by atoms with Crippen molar-refractivity contribution in [3.63, 3.8) is 0 Å². The van der Waals surface area contributed by atoms with Gasteiger partial charge in [0.15, 0.2) is 6.17 Å². The van der Waals surface area contributed by atoms with Crippen molar-refractivity contribution in [2.75, 3.05) is 13.1 Å². The number of halogens is 2. The largest absolute Gasteiger partial charge is 0.470 e. The number of pyridine rings is 1. The van der Waals surface area contributed by atoms with Crippen molar-refractivity contribution in [3.8, 4) is 5.88 Å². The van der Waals surface area contributed by atoms with Gasteiger partial charge in [-0.25, -0.2) is 9.37 Å². The molecule has 0 aromatic carbocycles. The summed E-state index contributed by atoms with van der Waals surface area (Å²) in [4.78, 5) is 3.93. The van der Waals surface area contributed by atoms with Gasteiger partial charge in [-0.15, -0.1) is 0 Å². The van der Waals surface area contributed by atoms with Gasteiger partial charge in [-0.05, 0) is 6.07 Å². The van der Waals surface area contributed by atoms with Gasteiger partial charge in [0.2, 0.25) is 5.88 Å². The number of nitrogens with zero attached hydrogens (tertiary/aromatic N) is 1. The van der Waals surface area contributed by atoms with E-state index in [1.807, 2.05) is 0 Å². The molecule has 0 spiro atoms. The normalized spacial score (nSPS) is 26.4. The summed E-state index contributed by atoms with van der Waals surface area (Å²) in [6.07, 6.45) is 0.0723. The summed E-state index contributed by atoms with van der Waals surface area (Å²) in [7, 11) is 0. The maximum Gasteiger partial charge on any atom is 0.213 e. The van der Waals surface area contributed by atoms with E-state index in [1.54, 1.807) is 12.1 Å². The molecule has 0 bridgehead atoms. The zero-order chi connectivity index (χ0) is 9.97. The predicted molar refractivity (Wildman–Crippen MR) is 51.4 cm³/mol. The minimum Gasteiger partial charge on any atom is -0.470 e. The van der Waals surface area contributed by atoms with Crippen LogP contribution in [-0.2, 0) is 0 Å². The molecule has 5 heteroatoms. The van der Waals surface area contributed by atoms with Crippen molar-refractivity contribution in [1.82, 2.24) is 10.3 Å². The lowest BCUT2D eigenvalue weighted by molar-refractivity contribution is 0.134. The predicted octanol–water partition coefficient (Wildman–Crippen LogP) is 1.42. The highest BCUT2D eigenvalue weighted by Gasteiger charge is 2.28. The molecule has 2 unspecified atom stereocenters. The summed E-state index contributed by atoms with van der Waals surface area (Å²) in [6.45, 7) is 0.865. The fourth-order valence-corrected chi connectivity index (χ4v) is 1.44. The van der Waals surface area contributed by atoms with Crippen LogP contribution < -0.4 is 10.1 Å². The lowest BCUT2D eigenvalue weighted by Gasteiger charge is -2.13. The summed E-state index contributed by atoms with van der Waals surface area (Å²) in [5.41, 5.74) is 0. The number of hydrogen-bond donors (Lipinski definition) is 1. The molecule has 3 nitrogen and oxygen atoms in total. The Bertz CT molecular complexity index is 306. The van der Waals surface area contributed by atoms with Crippen LogP contribution in [0.3, 0.4) is 0 Å². The van der Waals surface area contributed by atoms with Crippen LogP contribution in [0.1, 0.15) is 0 Å². The van der Waals surface area contributed by atoms with Gasteiger partial charge in [0, 0.05) is 25.4 Å². The summed E-state index contributed by atoms with van der Waals surface area (Å²) in [5, 5.41) is 3.44. The van der Waals surface area contributed by atoms with Crippen LogP contribution in [0.15, 0.2) is 18.3 Å². The first kappa shape index (κ1) is 9.68. The third-order valence-corrected chi connectivity index (χ3v) is 2.28. The Morgan fingerprint density at radius 2 is 2.36 bits per heavy atom. The van der Waals surface area contributed by atoms with Gasteiger partial charge >= 0.3 is 0 Å². The first-order valence-corrected chi connectivity index (χ1v) is 4.76. The standard InChI is InChI=1S/C9H10ClFN2O/c10-6-1-2-9(13-3-6)14-8-5-12-4-7(8)11/h1-3,7-8,12H,4-5H2. The van der Waals surface area contributed by atoms with Crippen molar-refractivity contribution < 1.29 is 9.13 Å². The molecule has 1 saturated heterocycles. The summed E-state index contributed by atoms with van der Waals surface area (Å²) in [6, 6.07) is 3.30. The SMILES string of the molecule is FC1CNCC1Oc1ccc(Cl)cn1. The highest BCUT2D eigenvalue weighted by atomic mass is 35.5. The molecule has 76 valence electrons. The van der Waals surface area contributed by atoms with Gasteiger partial charge in [-0.2, -0.15) is 0 Å². The maximum absolute atomic E-state index is 13.1. The topological polar surface area (TPSA) is 34.1 Å². The number of aromatic nitrogens is 1. The minimum absolute atomic E-state index is 0.345. The van der Waals surface area contributed by atoms with Crippen LogP contribution in [0, 0.1) is 0 Å². The third kappa shape index (κ3) is 2.13. The smallest absolute Gasteiger partial charge is 0.213 e. The van der Waals surface area contributed by atoms with Crippen molar-refractivity contribution >= 4 is 11.6 Å². The number of nitrogens with one attached hydrogen (secondary N) is 1.